The molecule has 1 atom stereocenters. The van der Waals surface area contributed by atoms with Gasteiger partial charge in [-0.2, -0.15) is 0 Å². The maximum atomic E-state index is 13.5. The van der Waals surface area contributed by atoms with Crippen LogP contribution in [0.15, 0.2) is 47.4 Å². The van der Waals surface area contributed by atoms with E-state index in [1.54, 1.807) is 12.3 Å². The summed E-state index contributed by atoms with van der Waals surface area (Å²) in [5.41, 5.74) is 5.85. The van der Waals surface area contributed by atoms with Gasteiger partial charge in [-0.15, -0.1) is 0 Å². The number of hydrogen-bond donors (Lipinski definition) is 4. The number of ether oxygens (including phenoxy) is 1. The summed E-state index contributed by atoms with van der Waals surface area (Å²) in [5, 5.41) is 13.8. The van der Waals surface area contributed by atoms with E-state index in [0.29, 0.717) is 34.7 Å². The molecule has 1 saturated heterocycles. The van der Waals surface area contributed by atoms with E-state index >= 15 is 0 Å². The van der Waals surface area contributed by atoms with Crippen molar-refractivity contribution in [1.29, 1.82) is 0 Å². The van der Waals surface area contributed by atoms with Crippen LogP contribution in [-0.2, 0) is 6.54 Å². The third-order valence-corrected chi connectivity index (χ3v) is 9.24. The highest BCUT2D eigenvalue weighted by atomic mass is 16.5. The molecular weight excluding hydrogens is 556 g/mol. The Bertz CT molecular complexity index is 1750. The van der Waals surface area contributed by atoms with E-state index in [9.17, 15) is 14.7 Å². The second-order valence-electron chi connectivity index (χ2n) is 12.7. The van der Waals surface area contributed by atoms with Crippen LogP contribution in [0.25, 0.3) is 22.4 Å². The molecule has 230 valence electrons. The number of fused-ring (bicyclic) bond motifs is 2. The predicted molar refractivity (Wildman–Crippen MR) is 170 cm³/mol. The number of aromatic nitrogens is 3. The molecule has 1 aliphatic carbocycles. The number of pyridine rings is 1. The molecule has 10 nitrogen and oxygen atoms in total. The lowest BCUT2D eigenvalue weighted by Crippen LogP contribution is -2.45. The highest BCUT2D eigenvalue weighted by Gasteiger charge is 2.36. The third-order valence-electron chi connectivity index (χ3n) is 9.24. The number of H-pyrrole nitrogens is 2. The summed E-state index contributed by atoms with van der Waals surface area (Å²) in [6.45, 7) is 8.23. The molecule has 2 fully saturated rings. The molecule has 0 spiro atoms. The Hall–Kier alpha value is -4.15. The van der Waals surface area contributed by atoms with Crippen LogP contribution in [0.4, 0.5) is 5.69 Å². The number of aliphatic hydroxyl groups excluding tert-OH is 1. The third kappa shape index (κ3) is 5.84. The number of amides is 1. The number of aliphatic hydroxyl groups is 1. The minimum Gasteiger partial charge on any atom is -0.491 e. The van der Waals surface area contributed by atoms with Gasteiger partial charge in [0.1, 0.15) is 29.8 Å². The van der Waals surface area contributed by atoms with Gasteiger partial charge in [0.2, 0.25) is 0 Å². The number of nitrogens with one attached hydrogen (secondary N) is 3. The number of nitrogens with zero attached hydrogens (tertiary/aromatic N) is 3. The Morgan fingerprint density at radius 3 is 2.68 bits per heavy atom. The van der Waals surface area contributed by atoms with Crippen molar-refractivity contribution in [2.24, 2.45) is 5.92 Å². The van der Waals surface area contributed by atoms with Crippen LogP contribution in [0.3, 0.4) is 0 Å². The van der Waals surface area contributed by atoms with Crippen molar-refractivity contribution >= 4 is 22.6 Å². The molecule has 1 unspecified atom stereocenters. The van der Waals surface area contributed by atoms with Gasteiger partial charge in [-0.3, -0.25) is 9.59 Å². The quantitative estimate of drug-likeness (QED) is 0.216. The van der Waals surface area contributed by atoms with Gasteiger partial charge in [-0.05, 0) is 80.8 Å². The fraction of sp³-hybridized carbons (Fsp3) is 0.441. The fourth-order valence-corrected chi connectivity index (χ4v) is 6.63. The molecule has 7 rings (SSSR count). The van der Waals surface area contributed by atoms with Crippen molar-refractivity contribution in [2.45, 2.75) is 58.2 Å². The van der Waals surface area contributed by atoms with Crippen LogP contribution in [-0.4, -0.2) is 80.7 Å². The summed E-state index contributed by atoms with van der Waals surface area (Å²) in [5.74, 6) is 2.10. The molecule has 10 heteroatoms. The Morgan fingerprint density at radius 2 is 1.91 bits per heavy atom. The molecule has 0 bridgehead atoms. The number of imidazole rings is 1. The topological polar surface area (TPSA) is 127 Å². The summed E-state index contributed by atoms with van der Waals surface area (Å²) in [6.07, 6.45) is 5.53. The SMILES string of the molecule is Cc1ccc(OCC(O)CNc2cc[nH]c(=O)c2-c2nc3cc4c(cc3[nH]2)CN(C2CCN(CC3CC3)CC2)C4=O)c(C)c1. The second-order valence-corrected chi connectivity index (χ2v) is 12.7. The summed E-state index contributed by atoms with van der Waals surface area (Å²) in [6, 6.07) is 11.8. The maximum Gasteiger partial charge on any atom is 0.261 e. The first-order valence-corrected chi connectivity index (χ1v) is 15.7. The minimum absolute atomic E-state index is 0.0732. The first-order valence-electron chi connectivity index (χ1n) is 15.7. The standard InChI is InChI=1S/C34H40N6O4/c1-20-3-6-30(21(2)13-20)44-19-25(41)16-36-27-7-10-35-33(42)31(27)32-37-28-14-23-18-40(34(43)26(23)15-29(28)38-32)24-8-11-39(12-9-24)17-22-4-5-22/h3,6-7,10,13-15,22,24-25,41H,4-5,8-9,11-12,16-19H2,1-2H3,(H,37,38)(H2,35,36,42). The Kier molecular flexibility index (Phi) is 7.63. The van der Waals surface area contributed by atoms with Gasteiger partial charge in [-0.1, -0.05) is 17.7 Å². The lowest BCUT2D eigenvalue weighted by Gasteiger charge is -2.36. The number of aryl methyl sites for hydroxylation is 2. The molecular formula is C34H40N6O4. The first-order chi connectivity index (χ1) is 21.3. The monoisotopic (exact) mass is 596 g/mol. The molecule has 2 aliphatic heterocycles. The minimum atomic E-state index is -0.805. The van der Waals surface area contributed by atoms with E-state index in [4.69, 9.17) is 9.72 Å². The van der Waals surface area contributed by atoms with Crippen molar-refractivity contribution in [2.75, 3.05) is 38.1 Å². The average Bonchev–Trinajstić information content (AvgIpc) is 3.64. The number of piperidine rings is 1. The van der Waals surface area contributed by atoms with Crippen molar-refractivity contribution in [3.05, 3.63) is 75.2 Å². The summed E-state index contributed by atoms with van der Waals surface area (Å²) in [4.78, 5) is 41.9. The molecule has 4 aromatic rings. The van der Waals surface area contributed by atoms with Gasteiger partial charge in [0.25, 0.3) is 11.5 Å². The highest BCUT2D eigenvalue weighted by Crippen LogP contribution is 2.34. The number of likely N-dealkylation sites (tertiary alicyclic amines) is 1. The summed E-state index contributed by atoms with van der Waals surface area (Å²) >= 11 is 0. The van der Waals surface area contributed by atoms with E-state index < -0.39 is 6.10 Å². The van der Waals surface area contributed by atoms with E-state index in [-0.39, 0.29) is 30.7 Å². The van der Waals surface area contributed by atoms with E-state index in [1.165, 1.54) is 19.4 Å². The predicted octanol–water partition coefficient (Wildman–Crippen LogP) is 4.22. The van der Waals surface area contributed by atoms with Gasteiger partial charge >= 0.3 is 0 Å². The number of rotatable bonds is 10. The molecule has 3 aliphatic rings. The highest BCUT2D eigenvalue weighted by molar-refractivity contribution is 6.02. The lowest BCUT2D eigenvalue weighted by molar-refractivity contribution is 0.0593. The van der Waals surface area contributed by atoms with E-state index in [1.807, 2.05) is 49.1 Å². The van der Waals surface area contributed by atoms with Gasteiger partial charge in [0.15, 0.2) is 0 Å². The number of carbonyl (C=O) groups is 1. The molecule has 0 radical (unpaired) electrons. The number of carbonyl (C=O) groups excluding carboxylic acids is 1. The zero-order valence-electron chi connectivity index (χ0n) is 25.4. The Balaban J connectivity index is 1.03. The van der Waals surface area contributed by atoms with Crippen LogP contribution in [0.5, 0.6) is 5.75 Å². The van der Waals surface area contributed by atoms with E-state index in [2.05, 4.69) is 20.2 Å². The molecule has 4 heterocycles. The summed E-state index contributed by atoms with van der Waals surface area (Å²) in [7, 11) is 0. The number of anilines is 1. The molecule has 4 N–H and O–H groups in total. The normalized spacial score (nSPS) is 18.2. The first kappa shape index (κ1) is 28.6. The number of benzene rings is 2. The smallest absolute Gasteiger partial charge is 0.261 e. The zero-order valence-corrected chi connectivity index (χ0v) is 25.4. The average molecular weight is 597 g/mol. The molecule has 2 aromatic heterocycles. The number of hydrogen-bond acceptors (Lipinski definition) is 7. The van der Waals surface area contributed by atoms with Crippen molar-refractivity contribution in [3.8, 4) is 17.1 Å². The van der Waals surface area contributed by atoms with Crippen LogP contribution < -0.4 is 15.6 Å². The Labute approximate surface area is 256 Å². The van der Waals surface area contributed by atoms with Crippen molar-refractivity contribution in [1.82, 2.24) is 24.8 Å². The zero-order chi connectivity index (χ0) is 30.4. The van der Waals surface area contributed by atoms with Crippen molar-refractivity contribution in [3.63, 3.8) is 0 Å². The number of aromatic amines is 2. The van der Waals surface area contributed by atoms with Gasteiger partial charge < -0.3 is 34.9 Å². The fourth-order valence-electron chi connectivity index (χ4n) is 6.63. The molecule has 1 saturated carbocycles. The molecule has 2 aromatic carbocycles. The van der Waals surface area contributed by atoms with Gasteiger partial charge in [-0.25, -0.2) is 4.98 Å². The lowest BCUT2D eigenvalue weighted by atomic mass is 10.0. The van der Waals surface area contributed by atoms with Crippen LogP contribution in [0, 0.1) is 19.8 Å². The maximum absolute atomic E-state index is 13.5. The van der Waals surface area contributed by atoms with Gasteiger partial charge in [0.05, 0.1) is 16.7 Å². The Morgan fingerprint density at radius 1 is 1.09 bits per heavy atom. The van der Waals surface area contributed by atoms with Crippen LogP contribution in [0.2, 0.25) is 0 Å². The van der Waals surface area contributed by atoms with Crippen molar-refractivity contribution < 1.29 is 14.6 Å². The molecule has 1 amide bonds. The van der Waals surface area contributed by atoms with Crippen LogP contribution >= 0.6 is 0 Å². The molecule has 44 heavy (non-hydrogen) atoms. The van der Waals surface area contributed by atoms with E-state index in [0.717, 1.165) is 59.8 Å². The van der Waals surface area contributed by atoms with Crippen LogP contribution in [0.1, 0.15) is 52.7 Å². The summed E-state index contributed by atoms with van der Waals surface area (Å²) < 4.78 is 5.82. The second kappa shape index (κ2) is 11.7. The van der Waals surface area contributed by atoms with Gasteiger partial charge in [0, 0.05) is 50.5 Å². The largest absolute Gasteiger partial charge is 0.491 e.